The molecule has 32 heavy (non-hydrogen) atoms. The largest absolute Gasteiger partial charge is 0.481 e. The molecule has 1 aromatic heterocycles. The van der Waals surface area contributed by atoms with Crippen molar-refractivity contribution >= 4 is 29.2 Å². The van der Waals surface area contributed by atoms with Crippen LogP contribution >= 0.6 is 11.6 Å². The van der Waals surface area contributed by atoms with Crippen LogP contribution in [0.2, 0.25) is 5.02 Å². The molecule has 0 bridgehead atoms. The van der Waals surface area contributed by atoms with Crippen molar-refractivity contribution in [3.8, 4) is 5.69 Å². The number of anilines is 1. The van der Waals surface area contributed by atoms with Gasteiger partial charge < -0.3 is 15.3 Å². The third kappa shape index (κ3) is 4.31. The molecule has 3 aromatic rings. The lowest BCUT2D eigenvalue weighted by Gasteiger charge is -2.37. The van der Waals surface area contributed by atoms with E-state index in [2.05, 4.69) is 15.6 Å². The van der Waals surface area contributed by atoms with Crippen LogP contribution in [0.15, 0.2) is 42.6 Å². The SMILES string of the molecule is Cc1cc(NC(C)c2cn(-c3ccc(C(=O)N4CC(C(=O)O)C4)c(C)c3)nn2)ccc1Cl. The second-order valence-corrected chi connectivity index (χ2v) is 8.57. The Morgan fingerprint density at radius 2 is 1.91 bits per heavy atom. The zero-order valence-corrected chi connectivity index (χ0v) is 18.8. The molecule has 9 heteroatoms. The fourth-order valence-electron chi connectivity index (χ4n) is 3.66. The van der Waals surface area contributed by atoms with Crippen LogP contribution in [-0.2, 0) is 4.79 Å². The molecular weight excluding hydrogens is 430 g/mol. The predicted molar refractivity (Wildman–Crippen MR) is 121 cm³/mol. The maximum Gasteiger partial charge on any atom is 0.310 e. The Labute approximate surface area is 190 Å². The van der Waals surface area contributed by atoms with Gasteiger partial charge in [0.05, 0.1) is 23.8 Å². The van der Waals surface area contributed by atoms with E-state index in [0.29, 0.717) is 5.56 Å². The van der Waals surface area contributed by atoms with Crippen LogP contribution in [0, 0.1) is 19.8 Å². The molecule has 1 unspecified atom stereocenters. The smallest absolute Gasteiger partial charge is 0.310 e. The van der Waals surface area contributed by atoms with Gasteiger partial charge in [0.1, 0.15) is 5.69 Å². The van der Waals surface area contributed by atoms with Gasteiger partial charge in [-0.05, 0) is 68.3 Å². The van der Waals surface area contributed by atoms with Gasteiger partial charge in [0.25, 0.3) is 5.91 Å². The molecule has 0 radical (unpaired) electrons. The van der Waals surface area contributed by atoms with E-state index in [4.69, 9.17) is 16.7 Å². The average Bonchev–Trinajstić information content (AvgIpc) is 3.19. The Kier molecular flexibility index (Phi) is 5.88. The van der Waals surface area contributed by atoms with Gasteiger partial charge in [-0.3, -0.25) is 9.59 Å². The Morgan fingerprint density at radius 3 is 2.56 bits per heavy atom. The van der Waals surface area contributed by atoms with Crippen LogP contribution in [0.25, 0.3) is 5.69 Å². The third-order valence-corrected chi connectivity index (χ3v) is 6.14. The average molecular weight is 454 g/mol. The maximum atomic E-state index is 12.7. The fourth-order valence-corrected chi connectivity index (χ4v) is 3.78. The van der Waals surface area contributed by atoms with E-state index >= 15 is 0 Å². The number of carbonyl (C=O) groups is 2. The van der Waals surface area contributed by atoms with Crippen LogP contribution in [0.3, 0.4) is 0 Å². The van der Waals surface area contributed by atoms with E-state index in [0.717, 1.165) is 33.2 Å². The first kappa shape index (κ1) is 21.8. The molecule has 1 aliphatic heterocycles. The van der Waals surface area contributed by atoms with Crippen LogP contribution in [0.5, 0.6) is 0 Å². The van der Waals surface area contributed by atoms with E-state index in [-0.39, 0.29) is 25.0 Å². The Morgan fingerprint density at radius 1 is 1.16 bits per heavy atom. The van der Waals surface area contributed by atoms with Crippen LogP contribution < -0.4 is 5.32 Å². The topological polar surface area (TPSA) is 100 Å². The van der Waals surface area contributed by atoms with Gasteiger partial charge in [-0.25, -0.2) is 4.68 Å². The van der Waals surface area contributed by atoms with Crippen molar-refractivity contribution in [1.82, 2.24) is 19.9 Å². The van der Waals surface area contributed by atoms with Crippen molar-refractivity contribution in [2.24, 2.45) is 5.92 Å². The number of carboxylic acid groups (broad SMARTS) is 1. The normalized spacial score (nSPS) is 14.7. The quantitative estimate of drug-likeness (QED) is 0.587. The lowest BCUT2D eigenvalue weighted by Crippen LogP contribution is -2.53. The summed E-state index contributed by atoms with van der Waals surface area (Å²) in [4.78, 5) is 25.2. The minimum Gasteiger partial charge on any atom is -0.481 e. The highest BCUT2D eigenvalue weighted by atomic mass is 35.5. The van der Waals surface area contributed by atoms with Gasteiger partial charge >= 0.3 is 5.97 Å². The van der Waals surface area contributed by atoms with Gasteiger partial charge in [-0.1, -0.05) is 16.8 Å². The van der Waals surface area contributed by atoms with Gasteiger partial charge in [0.15, 0.2) is 0 Å². The molecule has 4 rings (SSSR count). The van der Waals surface area contributed by atoms with Crippen molar-refractivity contribution in [2.45, 2.75) is 26.8 Å². The molecule has 0 saturated carbocycles. The molecule has 1 amide bonds. The number of amides is 1. The van der Waals surface area contributed by atoms with Gasteiger partial charge in [-0.2, -0.15) is 0 Å². The summed E-state index contributed by atoms with van der Waals surface area (Å²) in [6.07, 6.45) is 1.85. The summed E-state index contributed by atoms with van der Waals surface area (Å²) in [6, 6.07) is 11.1. The minimum absolute atomic E-state index is 0.0696. The molecule has 1 aliphatic rings. The van der Waals surface area contributed by atoms with Crippen molar-refractivity contribution in [3.05, 3.63) is 70.0 Å². The first-order valence-electron chi connectivity index (χ1n) is 10.3. The van der Waals surface area contributed by atoms with E-state index in [1.54, 1.807) is 15.6 Å². The summed E-state index contributed by atoms with van der Waals surface area (Å²) in [7, 11) is 0. The number of carbonyl (C=O) groups excluding carboxylic acids is 1. The number of carboxylic acids is 1. The first-order chi connectivity index (χ1) is 15.2. The number of aliphatic carboxylic acids is 1. The number of likely N-dealkylation sites (tertiary alicyclic amines) is 1. The highest BCUT2D eigenvalue weighted by Gasteiger charge is 2.36. The second kappa shape index (κ2) is 8.63. The molecule has 1 atom stereocenters. The Bertz CT molecular complexity index is 1190. The number of nitrogens with zero attached hydrogens (tertiary/aromatic N) is 4. The van der Waals surface area contributed by atoms with Crippen LogP contribution in [0.1, 0.15) is 40.1 Å². The molecular formula is C23H24ClN5O3. The molecule has 2 aromatic carbocycles. The number of rotatable bonds is 6. The highest BCUT2D eigenvalue weighted by Crippen LogP contribution is 2.25. The summed E-state index contributed by atoms with van der Waals surface area (Å²) < 4.78 is 1.67. The maximum absolute atomic E-state index is 12.7. The Balaban J connectivity index is 1.45. The minimum atomic E-state index is -0.863. The monoisotopic (exact) mass is 453 g/mol. The summed E-state index contributed by atoms with van der Waals surface area (Å²) >= 11 is 6.10. The molecule has 1 fully saturated rings. The van der Waals surface area contributed by atoms with Gasteiger partial charge in [0, 0.05) is 29.4 Å². The van der Waals surface area contributed by atoms with Crippen molar-refractivity contribution < 1.29 is 14.7 Å². The van der Waals surface area contributed by atoms with E-state index < -0.39 is 11.9 Å². The number of hydrogen-bond acceptors (Lipinski definition) is 5. The lowest BCUT2D eigenvalue weighted by atomic mass is 9.98. The number of benzene rings is 2. The summed E-state index contributed by atoms with van der Waals surface area (Å²) in [5.74, 6) is -1.49. The number of hydrogen-bond donors (Lipinski definition) is 2. The zero-order valence-electron chi connectivity index (χ0n) is 18.0. The molecule has 0 spiro atoms. The van der Waals surface area contributed by atoms with Crippen LogP contribution in [-0.4, -0.2) is 50.0 Å². The standard InChI is InChI=1S/C23H24ClN5O3/c1-13-9-18(5-6-19(13)22(30)28-10-16(11-28)23(31)32)29-12-21(26-27-29)15(3)25-17-4-7-20(24)14(2)8-17/h4-9,12,15-16,25H,10-11H2,1-3H3,(H,31,32). The highest BCUT2D eigenvalue weighted by molar-refractivity contribution is 6.31. The molecule has 2 N–H and O–H groups in total. The third-order valence-electron chi connectivity index (χ3n) is 5.72. The van der Waals surface area contributed by atoms with Gasteiger partial charge in [-0.15, -0.1) is 5.10 Å². The molecule has 0 aliphatic carbocycles. The van der Waals surface area contributed by atoms with Gasteiger partial charge in [0.2, 0.25) is 0 Å². The van der Waals surface area contributed by atoms with Crippen molar-refractivity contribution in [3.63, 3.8) is 0 Å². The summed E-state index contributed by atoms with van der Waals surface area (Å²) in [5.41, 5.74) is 4.87. The van der Waals surface area contributed by atoms with Crippen molar-refractivity contribution in [1.29, 1.82) is 0 Å². The zero-order chi connectivity index (χ0) is 23.0. The number of nitrogens with one attached hydrogen (secondary N) is 1. The van der Waals surface area contributed by atoms with Crippen molar-refractivity contribution in [2.75, 3.05) is 18.4 Å². The summed E-state index contributed by atoms with van der Waals surface area (Å²) in [6.45, 7) is 6.32. The van der Waals surface area contributed by atoms with Crippen LogP contribution in [0.4, 0.5) is 5.69 Å². The molecule has 166 valence electrons. The number of halogens is 1. The fraction of sp³-hybridized carbons (Fsp3) is 0.304. The lowest BCUT2D eigenvalue weighted by molar-refractivity contribution is -0.146. The van der Waals surface area contributed by atoms with E-state index in [1.165, 1.54) is 0 Å². The van der Waals surface area contributed by atoms with E-state index in [9.17, 15) is 9.59 Å². The summed E-state index contributed by atoms with van der Waals surface area (Å²) in [5, 5.41) is 21.6. The first-order valence-corrected chi connectivity index (χ1v) is 10.7. The molecule has 2 heterocycles. The second-order valence-electron chi connectivity index (χ2n) is 8.16. The molecule has 1 saturated heterocycles. The predicted octanol–water partition coefficient (Wildman–Crippen LogP) is 3.87. The number of aryl methyl sites for hydroxylation is 2. The van der Waals surface area contributed by atoms with E-state index in [1.807, 2.05) is 57.3 Å². The molecule has 8 nitrogen and oxygen atoms in total. The number of aromatic nitrogens is 3. The Hall–Kier alpha value is -3.39.